The molecule has 2 heterocycles. The number of anilines is 1. The largest absolute Gasteiger partial charge is 0.370 e. The predicted molar refractivity (Wildman–Crippen MR) is 87.8 cm³/mol. The Labute approximate surface area is 132 Å². The zero-order valence-corrected chi connectivity index (χ0v) is 13.1. The molecule has 0 unspecified atom stereocenters. The maximum atomic E-state index is 11.0. The summed E-state index contributed by atoms with van der Waals surface area (Å²) >= 11 is 0. The maximum absolute atomic E-state index is 11.0. The van der Waals surface area contributed by atoms with Crippen LogP contribution in [0.25, 0.3) is 0 Å². The molecule has 1 aliphatic heterocycles. The summed E-state index contributed by atoms with van der Waals surface area (Å²) in [5.74, 6) is 1.08. The van der Waals surface area contributed by atoms with E-state index in [0.717, 1.165) is 18.4 Å². The quantitative estimate of drug-likeness (QED) is 0.875. The van der Waals surface area contributed by atoms with Gasteiger partial charge in [0.25, 0.3) is 0 Å². The van der Waals surface area contributed by atoms with Gasteiger partial charge in [0.05, 0.1) is 5.56 Å². The van der Waals surface area contributed by atoms with Gasteiger partial charge in [0, 0.05) is 25.3 Å². The first kappa shape index (κ1) is 15.3. The van der Waals surface area contributed by atoms with E-state index in [4.69, 9.17) is 5.73 Å². The number of nitrogens with two attached hydrogens (primary N) is 1. The monoisotopic (exact) mass is 302 g/mol. The summed E-state index contributed by atoms with van der Waals surface area (Å²) < 4.78 is 0. The molecule has 5 nitrogen and oxygen atoms in total. The van der Waals surface area contributed by atoms with Crippen LogP contribution in [0.1, 0.15) is 48.9 Å². The van der Waals surface area contributed by atoms with Gasteiger partial charge >= 0.3 is 0 Å². The number of carbonyl (C=O) groups is 1. The summed E-state index contributed by atoms with van der Waals surface area (Å²) in [7, 11) is 0. The fourth-order valence-electron chi connectivity index (χ4n) is 3.70. The summed E-state index contributed by atoms with van der Waals surface area (Å²) in [6.45, 7) is 3.40. The molecule has 120 valence electrons. The van der Waals surface area contributed by atoms with Crippen LogP contribution < -0.4 is 11.1 Å². The van der Waals surface area contributed by atoms with E-state index in [0.29, 0.717) is 11.5 Å². The topological polar surface area (TPSA) is 71.2 Å². The molecule has 1 aromatic heterocycles. The van der Waals surface area contributed by atoms with Crippen molar-refractivity contribution in [3.63, 3.8) is 0 Å². The molecule has 2 fully saturated rings. The number of primary amides is 1. The summed E-state index contributed by atoms with van der Waals surface area (Å²) in [5, 5.41) is 3.39. The van der Waals surface area contributed by atoms with Gasteiger partial charge in [-0.2, -0.15) is 0 Å². The Balaban J connectivity index is 1.45. The van der Waals surface area contributed by atoms with Gasteiger partial charge in [-0.15, -0.1) is 0 Å². The lowest BCUT2D eigenvalue weighted by Gasteiger charge is -2.31. The van der Waals surface area contributed by atoms with Crippen LogP contribution in [-0.2, 0) is 0 Å². The highest BCUT2D eigenvalue weighted by Gasteiger charge is 2.28. The molecule has 1 atom stereocenters. The number of likely N-dealkylation sites (tertiary alicyclic amines) is 1. The van der Waals surface area contributed by atoms with Crippen molar-refractivity contribution in [2.24, 2.45) is 11.7 Å². The molecule has 22 heavy (non-hydrogen) atoms. The molecule has 2 aliphatic rings. The van der Waals surface area contributed by atoms with Gasteiger partial charge in [-0.3, -0.25) is 4.79 Å². The van der Waals surface area contributed by atoms with Crippen LogP contribution in [0.2, 0.25) is 0 Å². The molecule has 1 saturated carbocycles. The fourth-order valence-corrected chi connectivity index (χ4v) is 3.70. The van der Waals surface area contributed by atoms with E-state index in [9.17, 15) is 4.79 Å². The van der Waals surface area contributed by atoms with Crippen LogP contribution in [0.15, 0.2) is 18.3 Å². The highest BCUT2D eigenvalue weighted by atomic mass is 16.1. The third-order valence-corrected chi connectivity index (χ3v) is 5.03. The van der Waals surface area contributed by atoms with Gasteiger partial charge in [0.2, 0.25) is 5.91 Å². The Hall–Kier alpha value is -1.62. The second-order valence-corrected chi connectivity index (χ2v) is 6.62. The highest BCUT2D eigenvalue weighted by Crippen LogP contribution is 2.27. The lowest BCUT2D eigenvalue weighted by atomic mass is 9.94. The number of nitrogens with one attached hydrogen (secondary N) is 1. The van der Waals surface area contributed by atoms with Crippen molar-refractivity contribution < 1.29 is 4.79 Å². The van der Waals surface area contributed by atoms with Crippen molar-refractivity contribution in [1.82, 2.24) is 9.88 Å². The van der Waals surface area contributed by atoms with E-state index in [1.54, 1.807) is 6.07 Å². The smallest absolute Gasteiger partial charge is 0.250 e. The van der Waals surface area contributed by atoms with E-state index in [2.05, 4.69) is 15.2 Å². The molecule has 0 radical (unpaired) electrons. The van der Waals surface area contributed by atoms with Gasteiger partial charge in [-0.05, 0) is 43.9 Å². The molecule has 1 amide bonds. The minimum atomic E-state index is -0.432. The first-order valence-corrected chi connectivity index (χ1v) is 8.46. The summed E-state index contributed by atoms with van der Waals surface area (Å²) in [4.78, 5) is 18.0. The Bertz CT molecular complexity index is 496. The number of carbonyl (C=O) groups excluding carboxylic acids is 1. The van der Waals surface area contributed by atoms with Gasteiger partial charge < -0.3 is 16.0 Å². The number of nitrogens with zero attached hydrogens (tertiary/aromatic N) is 2. The Morgan fingerprint density at radius 3 is 2.77 bits per heavy atom. The molecule has 1 aliphatic carbocycles. The summed E-state index contributed by atoms with van der Waals surface area (Å²) in [6.07, 6.45) is 9.80. The molecule has 0 spiro atoms. The molecule has 1 saturated heterocycles. The standard InChI is InChI=1S/C17H26N4O/c18-17(22)14-6-7-16(20-11-14)19-10-13-8-9-21(12-13)15-4-2-1-3-5-15/h6-7,11,13,15H,1-5,8-10,12H2,(H2,18,22)(H,19,20)/t13-/m1/s1. The zero-order chi connectivity index (χ0) is 15.4. The van der Waals surface area contributed by atoms with Crippen LogP contribution in [0.5, 0.6) is 0 Å². The fraction of sp³-hybridized carbons (Fsp3) is 0.647. The van der Waals surface area contributed by atoms with E-state index < -0.39 is 5.91 Å². The molecule has 5 heteroatoms. The second kappa shape index (κ2) is 7.09. The predicted octanol–water partition coefficient (Wildman–Crippen LogP) is 2.25. The molecule has 3 N–H and O–H groups in total. The molecular weight excluding hydrogens is 276 g/mol. The van der Waals surface area contributed by atoms with Crippen molar-refractivity contribution in [2.75, 3.05) is 25.0 Å². The molecule has 3 rings (SSSR count). The minimum absolute atomic E-state index is 0.432. The zero-order valence-electron chi connectivity index (χ0n) is 13.1. The number of rotatable bonds is 5. The molecule has 0 aromatic carbocycles. The SMILES string of the molecule is NC(=O)c1ccc(NC[C@H]2CCN(C3CCCCC3)C2)nc1. The minimum Gasteiger partial charge on any atom is -0.370 e. The highest BCUT2D eigenvalue weighted by molar-refractivity contribution is 5.92. The van der Waals surface area contributed by atoms with E-state index in [1.807, 2.05) is 6.07 Å². The molecule has 0 bridgehead atoms. The Morgan fingerprint density at radius 1 is 1.27 bits per heavy atom. The number of hydrogen-bond donors (Lipinski definition) is 2. The van der Waals surface area contributed by atoms with Crippen LogP contribution in [0.4, 0.5) is 5.82 Å². The normalized spacial score (nSPS) is 23.5. The van der Waals surface area contributed by atoms with Crippen LogP contribution in [0, 0.1) is 5.92 Å². The Morgan fingerprint density at radius 2 is 2.09 bits per heavy atom. The van der Waals surface area contributed by atoms with Crippen LogP contribution in [0.3, 0.4) is 0 Å². The summed E-state index contributed by atoms with van der Waals surface area (Å²) in [5.41, 5.74) is 5.67. The molecular formula is C17H26N4O. The lowest BCUT2D eigenvalue weighted by Crippen LogP contribution is -2.35. The van der Waals surface area contributed by atoms with E-state index in [1.165, 1.54) is 57.8 Å². The summed E-state index contributed by atoms with van der Waals surface area (Å²) in [6, 6.07) is 4.38. The van der Waals surface area contributed by atoms with Gasteiger partial charge in [0.15, 0.2) is 0 Å². The third-order valence-electron chi connectivity index (χ3n) is 5.03. The lowest BCUT2D eigenvalue weighted by molar-refractivity contribution is 0.1000. The number of aromatic nitrogens is 1. The average Bonchev–Trinajstić information content (AvgIpc) is 3.03. The van der Waals surface area contributed by atoms with Gasteiger partial charge in [0.1, 0.15) is 5.82 Å². The Kier molecular flexibility index (Phi) is 4.93. The maximum Gasteiger partial charge on any atom is 0.250 e. The first-order valence-electron chi connectivity index (χ1n) is 8.46. The van der Waals surface area contributed by atoms with Crippen molar-refractivity contribution >= 4 is 11.7 Å². The molecule has 1 aromatic rings. The van der Waals surface area contributed by atoms with Crippen molar-refractivity contribution in [3.05, 3.63) is 23.9 Å². The van der Waals surface area contributed by atoms with Crippen molar-refractivity contribution in [3.8, 4) is 0 Å². The second-order valence-electron chi connectivity index (χ2n) is 6.62. The van der Waals surface area contributed by atoms with Crippen LogP contribution >= 0.6 is 0 Å². The number of pyridine rings is 1. The van der Waals surface area contributed by atoms with Crippen LogP contribution in [-0.4, -0.2) is 41.5 Å². The number of hydrogen-bond acceptors (Lipinski definition) is 4. The first-order chi connectivity index (χ1) is 10.7. The van der Waals surface area contributed by atoms with Gasteiger partial charge in [-0.1, -0.05) is 19.3 Å². The van der Waals surface area contributed by atoms with Crippen molar-refractivity contribution in [1.29, 1.82) is 0 Å². The van der Waals surface area contributed by atoms with E-state index >= 15 is 0 Å². The van der Waals surface area contributed by atoms with Gasteiger partial charge in [-0.25, -0.2) is 4.98 Å². The van der Waals surface area contributed by atoms with E-state index in [-0.39, 0.29) is 0 Å². The van der Waals surface area contributed by atoms with Crippen molar-refractivity contribution in [2.45, 2.75) is 44.6 Å². The average molecular weight is 302 g/mol. The number of amides is 1. The third kappa shape index (κ3) is 3.77.